The second kappa shape index (κ2) is 9.67. The highest BCUT2D eigenvalue weighted by Gasteiger charge is 2.23. The molecule has 2 aromatic heterocycles. The maximum atomic E-state index is 5.25. The summed E-state index contributed by atoms with van der Waals surface area (Å²) in [5.41, 5.74) is 4.52. The summed E-state index contributed by atoms with van der Waals surface area (Å²) in [6, 6.07) is 14.4. The van der Waals surface area contributed by atoms with Crippen LogP contribution in [0.3, 0.4) is 0 Å². The lowest BCUT2D eigenvalue weighted by molar-refractivity contribution is 0.208. The third-order valence-electron chi connectivity index (χ3n) is 5.59. The number of ether oxygens (including phenoxy) is 1. The first-order chi connectivity index (χ1) is 14.7. The number of piperidine rings is 1. The van der Waals surface area contributed by atoms with Crippen LogP contribution in [0, 0.1) is 6.92 Å². The molecule has 1 saturated heterocycles. The van der Waals surface area contributed by atoms with Gasteiger partial charge in [0.25, 0.3) is 0 Å². The Labute approximate surface area is 178 Å². The van der Waals surface area contributed by atoms with Crippen molar-refractivity contribution in [3.8, 4) is 5.75 Å². The monoisotopic (exact) mass is 403 g/mol. The van der Waals surface area contributed by atoms with Crippen LogP contribution in [0.1, 0.15) is 35.7 Å². The van der Waals surface area contributed by atoms with Gasteiger partial charge in [-0.1, -0.05) is 12.1 Å². The van der Waals surface area contributed by atoms with Crippen molar-refractivity contribution in [2.45, 2.75) is 32.1 Å². The van der Waals surface area contributed by atoms with Gasteiger partial charge in [0.15, 0.2) is 0 Å². The molecule has 0 amide bonds. The summed E-state index contributed by atoms with van der Waals surface area (Å²) in [6.07, 6.45) is 6.92. The topological polar surface area (TPSA) is 63.2 Å². The quantitative estimate of drug-likeness (QED) is 0.633. The Morgan fingerprint density at radius 2 is 1.93 bits per heavy atom. The zero-order valence-corrected chi connectivity index (χ0v) is 17.7. The van der Waals surface area contributed by atoms with Gasteiger partial charge in [0.05, 0.1) is 7.11 Å². The van der Waals surface area contributed by atoms with Gasteiger partial charge in [-0.05, 0) is 68.6 Å². The van der Waals surface area contributed by atoms with E-state index in [0.717, 1.165) is 48.9 Å². The fourth-order valence-corrected chi connectivity index (χ4v) is 4.05. The zero-order valence-electron chi connectivity index (χ0n) is 17.7. The van der Waals surface area contributed by atoms with Crippen LogP contribution in [-0.4, -0.2) is 46.6 Å². The van der Waals surface area contributed by atoms with Crippen LogP contribution < -0.4 is 10.1 Å². The smallest absolute Gasteiger partial charge is 0.227 e. The van der Waals surface area contributed by atoms with Gasteiger partial charge in [-0.3, -0.25) is 4.98 Å². The minimum atomic E-state index is 0.451. The van der Waals surface area contributed by atoms with E-state index in [0.29, 0.717) is 11.9 Å². The van der Waals surface area contributed by atoms with E-state index in [-0.39, 0.29) is 0 Å². The van der Waals surface area contributed by atoms with Crippen LogP contribution in [0.25, 0.3) is 0 Å². The Bertz CT molecular complexity index is 946. The third-order valence-corrected chi connectivity index (χ3v) is 5.59. The number of aromatic nitrogens is 3. The number of methoxy groups -OCH3 is 1. The zero-order chi connectivity index (χ0) is 20.8. The van der Waals surface area contributed by atoms with Crippen molar-refractivity contribution >= 4 is 11.6 Å². The van der Waals surface area contributed by atoms with E-state index in [1.54, 1.807) is 19.5 Å². The summed E-state index contributed by atoms with van der Waals surface area (Å²) in [4.78, 5) is 15.9. The minimum Gasteiger partial charge on any atom is -0.497 e. The molecule has 3 heterocycles. The third kappa shape index (κ3) is 5.33. The molecule has 0 radical (unpaired) electrons. The van der Waals surface area contributed by atoms with E-state index >= 15 is 0 Å². The Balaban J connectivity index is 1.39. The summed E-state index contributed by atoms with van der Waals surface area (Å²) < 4.78 is 5.25. The number of benzene rings is 1. The molecule has 4 rings (SSSR count). The van der Waals surface area contributed by atoms with E-state index in [1.165, 1.54) is 18.4 Å². The van der Waals surface area contributed by atoms with Gasteiger partial charge >= 0.3 is 0 Å². The largest absolute Gasteiger partial charge is 0.497 e. The van der Waals surface area contributed by atoms with Crippen LogP contribution in [-0.2, 0) is 6.42 Å². The molecule has 0 spiro atoms. The summed E-state index contributed by atoms with van der Waals surface area (Å²) in [5, 5.41) is 3.31. The van der Waals surface area contributed by atoms with Crippen molar-refractivity contribution in [2.24, 2.45) is 0 Å². The first-order valence-corrected chi connectivity index (χ1v) is 10.6. The second-order valence-electron chi connectivity index (χ2n) is 7.86. The number of rotatable bonds is 7. The Hall–Kier alpha value is -2.99. The van der Waals surface area contributed by atoms with Gasteiger partial charge in [0.1, 0.15) is 5.75 Å². The predicted molar refractivity (Wildman–Crippen MR) is 119 cm³/mol. The lowest BCUT2D eigenvalue weighted by Gasteiger charge is -2.32. The number of nitrogens with zero attached hydrogens (tertiary/aromatic N) is 4. The summed E-state index contributed by atoms with van der Waals surface area (Å²) >= 11 is 0. The first kappa shape index (κ1) is 20.3. The van der Waals surface area contributed by atoms with Crippen molar-refractivity contribution in [3.05, 3.63) is 71.8 Å². The molecule has 6 heteroatoms. The van der Waals surface area contributed by atoms with Crippen LogP contribution in [0.15, 0.2) is 54.9 Å². The van der Waals surface area contributed by atoms with Crippen LogP contribution in [0.5, 0.6) is 5.75 Å². The van der Waals surface area contributed by atoms with Crippen LogP contribution in [0.4, 0.5) is 11.6 Å². The molecule has 0 aliphatic carbocycles. The average molecular weight is 404 g/mol. The molecule has 1 aromatic carbocycles. The molecule has 6 nitrogen and oxygen atoms in total. The lowest BCUT2D eigenvalue weighted by Crippen LogP contribution is -2.36. The maximum absolute atomic E-state index is 5.25. The highest BCUT2D eigenvalue weighted by Crippen LogP contribution is 2.28. The fourth-order valence-electron chi connectivity index (χ4n) is 4.05. The Morgan fingerprint density at radius 3 is 2.70 bits per heavy atom. The summed E-state index contributed by atoms with van der Waals surface area (Å²) in [5.74, 6) is 1.97. The van der Waals surface area contributed by atoms with E-state index in [4.69, 9.17) is 9.72 Å². The molecule has 1 aliphatic heterocycles. The maximum Gasteiger partial charge on any atom is 0.227 e. The van der Waals surface area contributed by atoms with E-state index in [1.807, 2.05) is 31.2 Å². The Morgan fingerprint density at radius 1 is 1.13 bits per heavy atom. The minimum absolute atomic E-state index is 0.451. The van der Waals surface area contributed by atoms with Gasteiger partial charge in [-0.25, -0.2) is 9.97 Å². The molecule has 0 saturated carbocycles. The lowest BCUT2D eigenvalue weighted by atomic mass is 9.93. The molecule has 1 aliphatic rings. The van der Waals surface area contributed by atoms with Crippen molar-refractivity contribution < 1.29 is 4.74 Å². The molecule has 1 N–H and O–H groups in total. The molecule has 1 atom stereocenters. The molecule has 0 bridgehead atoms. The van der Waals surface area contributed by atoms with Crippen LogP contribution in [0.2, 0.25) is 0 Å². The molecule has 1 unspecified atom stereocenters. The van der Waals surface area contributed by atoms with Crippen molar-refractivity contribution in [1.82, 2.24) is 19.9 Å². The fraction of sp³-hybridized carbons (Fsp3) is 0.375. The molecule has 1 fully saturated rings. The number of anilines is 2. The number of aryl methyl sites for hydroxylation is 1. The highest BCUT2D eigenvalue weighted by atomic mass is 16.5. The number of hydrogen-bond donors (Lipinski definition) is 1. The summed E-state index contributed by atoms with van der Waals surface area (Å²) in [6.45, 7) is 5.32. The molecular weight excluding hydrogens is 374 g/mol. The predicted octanol–water partition coefficient (Wildman–Crippen LogP) is 4.35. The molecule has 30 heavy (non-hydrogen) atoms. The number of likely N-dealkylation sites (tertiary alicyclic amines) is 1. The van der Waals surface area contributed by atoms with Crippen molar-refractivity contribution in [1.29, 1.82) is 0 Å². The molecule has 3 aromatic rings. The van der Waals surface area contributed by atoms with Gasteiger partial charge < -0.3 is 15.0 Å². The number of nitrogens with one attached hydrogen (secondary N) is 1. The molecule has 156 valence electrons. The van der Waals surface area contributed by atoms with E-state index in [2.05, 4.69) is 38.4 Å². The van der Waals surface area contributed by atoms with Crippen LogP contribution >= 0.6 is 0 Å². The van der Waals surface area contributed by atoms with Crippen molar-refractivity contribution in [3.63, 3.8) is 0 Å². The Kier molecular flexibility index (Phi) is 6.54. The normalized spacial score (nSPS) is 16.9. The van der Waals surface area contributed by atoms with Gasteiger partial charge in [-0.15, -0.1) is 0 Å². The van der Waals surface area contributed by atoms with Crippen molar-refractivity contribution in [2.75, 3.05) is 32.1 Å². The number of hydrogen-bond acceptors (Lipinski definition) is 6. The first-order valence-electron chi connectivity index (χ1n) is 10.6. The number of pyridine rings is 1. The standard InChI is InChI=1S/C24H29N5O/c1-18-15-21(28-24-25-11-4-12-26-24)16-23(27-18)20-5-3-13-29(17-20)14-10-19-6-8-22(30-2)9-7-19/h4,6-9,11-12,15-16,20H,3,5,10,13-14,17H2,1-2H3,(H,25,26,27,28). The average Bonchev–Trinajstić information content (AvgIpc) is 2.78. The highest BCUT2D eigenvalue weighted by molar-refractivity contribution is 5.54. The SMILES string of the molecule is COc1ccc(CCN2CCCC(c3cc(Nc4ncccn4)cc(C)n3)C2)cc1. The van der Waals surface area contributed by atoms with E-state index < -0.39 is 0 Å². The summed E-state index contributed by atoms with van der Waals surface area (Å²) in [7, 11) is 1.70. The van der Waals surface area contributed by atoms with Gasteiger partial charge in [-0.2, -0.15) is 0 Å². The second-order valence-corrected chi connectivity index (χ2v) is 7.86. The molecular formula is C24H29N5O. The van der Waals surface area contributed by atoms with E-state index in [9.17, 15) is 0 Å². The van der Waals surface area contributed by atoms with Gasteiger partial charge in [0, 0.05) is 48.5 Å². The van der Waals surface area contributed by atoms with Gasteiger partial charge in [0.2, 0.25) is 5.95 Å².